The fourth-order valence-electron chi connectivity index (χ4n) is 3.03. The summed E-state index contributed by atoms with van der Waals surface area (Å²) in [5.74, 6) is 0.606. The summed E-state index contributed by atoms with van der Waals surface area (Å²) in [7, 11) is 0. The predicted molar refractivity (Wildman–Crippen MR) is 90.2 cm³/mol. The minimum absolute atomic E-state index is 0.131. The molecule has 1 aliphatic rings. The topological polar surface area (TPSA) is 70.6 Å². The fourth-order valence-corrected chi connectivity index (χ4v) is 3.03. The van der Waals surface area contributed by atoms with Gasteiger partial charge in [0.15, 0.2) is 0 Å². The average Bonchev–Trinajstić information content (AvgIpc) is 2.59. The highest BCUT2D eigenvalue weighted by atomic mass is 16.5. The van der Waals surface area contributed by atoms with Crippen molar-refractivity contribution in [1.82, 2.24) is 10.6 Å². The van der Waals surface area contributed by atoms with Crippen LogP contribution in [0.3, 0.4) is 0 Å². The van der Waals surface area contributed by atoms with Crippen molar-refractivity contribution >= 4 is 6.03 Å². The van der Waals surface area contributed by atoms with Gasteiger partial charge in [-0.25, -0.2) is 4.79 Å². The van der Waals surface area contributed by atoms with Crippen molar-refractivity contribution in [3.05, 3.63) is 35.9 Å². The number of hydrogen-bond donors (Lipinski definition) is 3. The molecule has 1 saturated carbocycles. The van der Waals surface area contributed by atoms with Crippen LogP contribution in [0.25, 0.3) is 0 Å². The number of benzene rings is 1. The summed E-state index contributed by atoms with van der Waals surface area (Å²) in [4.78, 5) is 11.9. The van der Waals surface area contributed by atoms with Crippen molar-refractivity contribution in [2.24, 2.45) is 5.92 Å². The van der Waals surface area contributed by atoms with Gasteiger partial charge in [0.2, 0.25) is 0 Å². The van der Waals surface area contributed by atoms with Crippen LogP contribution in [-0.4, -0.2) is 37.0 Å². The van der Waals surface area contributed by atoms with Crippen molar-refractivity contribution < 1.29 is 14.6 Å². The SMILES string of the molecule is CC1CCCCC1OCCNC(=O)N[C@H](CO)c1ccccc1. The van der Waals surface area contributed by atoms with Crippen LogP contribution < -0.4 is 10.6 Å². The Morgan fingerprint density at radius 3 is 2.74 bits per heavy atom. The van der Waals surface area contributed by atoms with E-state index < -0.39 is 6.04 Å². The Bertz CT molecular complexity index is 467. The molecule has 1 aromatic rings. The zero-order valence-electron chi connectivity index (χ0n) is 13.8. The van der Waals surface area contributed by atoms with Crippen LogP contribution in [0.4, 0.5) is 4.79 Å². The molecule has 2 unspecified atom stereocenters. The number of aliphatic hydroxyl groups excluding tert-OH is 1. The van der Waals surface area contributed by atoms with Gasteiger partial charge < -0.3 is 20.5 Å². The molecule has 2 rings (SSSR count). The quantitative estimate of drug-likeness (QED) is 0.676. The summed E-state index contributed by atoms with van der Waals surface area (Å²) >= 11 is 0. The smallest absolute Gasteiger partial charge is 0.315 e. The van der Waals surface area contributed by atoms with Gasteiger partial charge >= 0.3 is 6.03 Å². The van der Waals surface area contributed by atoms with E-state index in [2.05, 4.69) is 17.6 Å². The maximum atomic E-state index is 11.9. The maximum absolute atomic E-state index is 11.9. The van der Waals surface area contributed by atoms with Gasteiger partial charge in [-0.05, 0) is 24.3 Å². The highest BCUT2D eigenvalue weighted by molar-refractivity contribution is 5.74. The predicted octanol–water partition coefficient (Wildman–Crippen LogP) is 2.61. The molecule has 0 saturated heterocycles. The molecule has 5 heteroatoms. The van der Waals surface area contributed by atoms with Crippen molar-refractivity contribution in [3.8, 4) is 0 Å². The van der Waals surface area contributed by atoms with Crippen LogP contribution in [0.5, 0.6) is 0 Å². The molecule has 0 spiro atoms. The van der Waals surface area contributed by atoms with E-state index in [9.17, 15) is 9.90 Å². The van der Waals surface area contributed by atoms with Gasteiger partial charge in [-0.2, -0.15) is 0 Å². The molecule has 1 aliphatic carbocycles. The van der Waals surface area contributed by atoms with E-state index in [1.165, 1.54) is 19.3 Å². The van der Waals surface area contributed by atoms with E-state index in [4.69, 9.17) is 4.74 Å². The molecule has 0 heterocycles. The molecule has 23 heavy (non-hydrogen) atoms. The number of carbonyl (C=O) groups excluding carboxylic acids is 1. The Kier molecular flexibility index (Phi) is 7.36. The van der Waals surface area contributed by atoms with Crippen LogP contribution in [0, 0.1) is 5.92 Å². The molecule has 0 radical (unpaired) electrons. The average molecular weight is 320 g/mol. The van der Waals surface area contributed by atoms with E-state index in [1.807, 2.05) is 30.3 Å². The maximum Gasteiger partial charge on any atom is 0.315 e. The normalized spacial score (nSPS) is 22.3. The number of amides is 2. The van der Waals surface area contributed by atoms with Crippen molar-refractivity contribution in [1.29, 1.82) is 0 Å². The largest absolute Gasteiger partial charge is 0.394 e. The van der Waals surface area contributed by atoms with Gasteiger partial charge in [0, 0.05) is 6.54 Å². The number of nitrogens with one attached hydrogen (secondary N) is 2. The monoisotopic (exact) mass is 320 g/mol. The van der Waals surface area contributed by atoms with Crippen LogP contribution in [0.2, 0.25) is 0 Å². The third-order valence-corrected chi connectivity index (χ3v) is 4.44. The number of ether oxygens (including phenoxy) is 1. The molecule has 2 amide bonds. The summed E-state index contributed by atoms with van der Waals surface area (Å²) in [5, 5.41) is 15.0. The molecule has 3 N–H and O–H groups in total. The Balaban J connectivity index is 1.66. The lowest BCUT2D eigenvalue weighted by atomic mass is 9.88. The second-order valence-electron chi connectivity index (χ2n) is 6.22. The highest BCUT2D eigenvalue weighted by Gasteiger charge is 2.21. The molecule has 3 atom stereocenters. The van der Waals surface area contributed by atoms with Crippen molar-refractivity contribution in [2.75, 3.05) is 19.8 Å². The van der Waals surface area contributed by atoms with E-state index in [0.717, 1.165) is 12.0 Å². The molecule has 0 bridgehead atoms. The number of carbonyl (C=O) groups is 1. The first-order valence-electron chi connectivity index (χ1n) is 8.52. The van der Waals surface area contributed by atoms with Crippen molar-refractivity contribution in [2.45, 2.75) is 44.8 Å². The second kappa shape index (κ2) is 9.53. The van der Waals surface area contributed by atoms with E-state index >= 15 is 0 Å². The summed E-state index contributed by atoms with van der Waals surface area (Å²) in [6.07, 6.45) is 5.20. The number of rotatable bonds is 7. The third-order valence-electron chi connectivity index (χ3n) is 4.44. The zero-order chi connectivity index (χ0) is 16.5. The number of aliphatic hydroxyl groups is 1. The van der Waals surface area contributed by atoms with Crippen molar-refractivity contribution in [3.63, 3.8) is 0 Å². The third kappa shape index (κ3) is 5.84. The number of hydrogen-bond acceptors (Lipinski definition) is 3. The Hall–Kier alpha value is -1.59. The van der Waals surface area contributed by atoms with E-state index in [0.29, 0.717) is 25.2 Å². The number of urea groups is 1. The molecular formula is C18H28N2O3. The van der Waals surface area contributed by atoms with Gasteiger partial charge in [0.05, 0.1) is 25.4 Å². The Morgan fingerprint density at radius 2 is 2.04 bits per heavy atom. The minimum atomic E-state index is -0.393. The summed E-state index contributed by atoms with van der Waals surface area (Å²) in [5.41, 5.74) is 0.887. The zero-order valence-corrected chi connectivity index (χ0v) is 13.8. The fraction of sp³-hybridized carbons (Fsp3) is 0.611. The van der Waals surface area contributed by atoms with Gasteiger partial charge in [-0.3, -0.25) is 0 Å². The van der Waals surface area contributed by atoms with Gasteiger partial charge in [-0.1, -0.05) is 50.1 Å². The lowest BCUT2D eigenvalue weighted by Gasteiger charge is -2.28. The van der Waals surface area contributed by atoms with E-state index in [1.54, 1.807) is 0 Å². The van der Waals surface area contributed by atoms with Gasteiger partial charge in [0.1, 0.15) is 0 Å². The van der Waals surface area contributed by atoms with Crippen LogP contribution in [-0.2, 0) is 4.74 Å². The lowest BCUT2D eigenvalue weighted by Crippen LogP contribution is -2.41. The summed E-state index contributed by atoms with van der Waals surface area (Å²) in [6.45, 7) is 3.10. The first kappa shape index (κ1) is 17.8. The van der Waals surface area contributed by atoms with Crippen LogP contribution >= 0.6 is 0 Å². The molecule has 5 nitrogen and oxygen atoms in total. The molecule has 0 aliphatic heterocycles. The van der Waals surface area contributed by atoms with Crippen LogP contribution in [0.15, 0.2) is 30.3 Å². The van der Waals surface area contributed by atoms with Gasteiger partial charge in [-0.15, -0.1) is 0 Å². The summed E-state index contributed by atoms with van der Waals surface area (Å²) in [6, 6.07) is 8.77. The first-order chi connectivity index (χ1) is 11.2. The van der Waals surface area contributed by atoms with Gasteiger partial charge in [0.25, 0.3) is 0 Å². The molecular weight excluding hydrogens is 292 g/mol. The molecule has 1 fully saturated rings. The Labute approximate surface area is 138 Å². The molecule has 0 aromatic heterocycles. The Morgan fingerprint density at radius 1 is 1.30 bits per heavy atom. The molecule has 1 aromatic carbocycles. The van der Waals surface area contributed by atoms with E-state index in [-0.39, 0.29) is 12.6 Å². The summed E-state index contributed by atoms with van der Waals surface area (Å²) < 4.78 is 5.87. The minimum Gasteiger partial charge on any atom is -0.394 e. The van der Waals surface area contributed by atoms with Crippen LogP contribution in [0.1, 0.15) is 44.2 Å². The molecule has 128 valence electrons. The lowest BCUT2D eigenvalue weighted by molar-refractivity contribution is -0.00246. The highest BCUT2D eigenvalue weighted by Crippen LogP contribution is 2.25. The second-order valence-corrected chi connectivity index (χ2v) is 6.22. The first-order valence-corrected chi connectivity index (χ1v) is 8.52. The standard InChI is InChI=1S/C18H28N2O3/c1-14-7-5-6-10-17(14)23-12-11-19-18(22)20-16(13-21)15-8-3-2-4-9-15/h2-4,8-9,14,16-17,21H,5-7,10-13H2,1H3,(H2,19,20,22)/t14?,16-,17?/m1/s1.